The van der Waals surface area contributed by atoms with Gasteiger partial charge in [-0.25, -0.2) is 40.9 Å². The van der Waals surface area contributed by atoms with Crippen molar-refractivity contribution in [2.75, 3.05) is 131 Å². The summed E-state index contributed by atoms with van der Waals surface area (Å²) in [5.74, 6) is -8.28. The van der Waals surface area contributed by atoms with Gasteiger partial charge in [-0.15, -0.1) is 0 Å². The Morgan fingerprint density at radius 3 is 1.08 bits per heavy atom. The number of allylic oxidation sites excluding steroid dienone is 7. The van der Waals surface area contributed by atoms with Crippen molar-refractivity contribution in [1.29, 1.82) is 0 Å². The molecule has 0 aliphatic rings. The molecule has 47 heteroatoms. The number of esters is 10. The summed E-state index contributed by atoms with van der Waals surface area (Å²) in [6, 6.07) is -1.80. The van der Waals surface area contributed by atoms with Crippen LogP contribution in [0, 0.1) is 42.4 Å². The molecule has 0 aliphatic carbocycles. The van der Waals surface area contributed by atoms with Gasteiger partial charge in [0.15, 0.2) is 5.82 Å². The van der Waals surface area contributed by atoms with Crippen LogP contribution in [-0.2, 0) is 136 Å². The molecule has 0 bridgehead atoms. The summed E-state index contributed by atoms with van der Waals surface area (Å²) in [5.41, 5.74) is 15.7. The molecule has 0 amide bonds. The summed E-state index contributed by atoms with van der Waals surface area (Å²) in [6.07, 6.45) is 16.8. The van der Waals surface area contributed by atoms with E-state index in [0.29, 0.717) is 114 Å². The molecule has 0 fully saturated rings. The van der Waals surface area contributed by atoms with Crippen LogP contribution < -0.4 is 33.6 Å². The summed E-state index contributed by atoms with van der Waals surface area (Å²) in [7, 11) is 12.9. The number of hydrogen-bond acceptors (Lipinski definition) is 36. The second kappa shape index (κ2) is 90.6. The highest BCUT2D eigenvalue weighted by Gasteiger charge is 2.22. The van der Waals surface area contributed by atoms with Crippen molar-refractivity contribution in [2.45, 2.75) is 217 Å². The number of aliphatic hydroxyl groups excluding tert-OH is 1. The molecule has 10 N–H and O–H groups in total. The summed E-state index contributed by atoms with van der Waals surface area (Å²) in [4.78, 5) is 157. The van der Waals surface area contributed by atoms with Gasteiger partial charge in [0.2, 0.25) is 0 Å². The first kappa shape index (κ1) is 140. The molecular weight excluding hydrogens is 1800 g/mol. The van der Waals surface area contributed by atoms with Gasteiger partial charge >= 0.3 is 71.4 Å². The Hall–Kier alpha value is -10.6. The van der Waals surface area contributed by atoms with E-state index in [4.69, 9.17) is 27.4 Å². The predicted octanol–water partition coefficient (Wildman–Crippen LogP) is 9.84. The Morgan fingerprint density at radius 1 is 0.474 bits per heavy atom. The molecule has 0 radical (unpaired) electrons. The molecule has 1 rings (SSSR count). The number of likely N-dealkylation sites (N-methyl/N-ethyl adjacent to an activating group) is 2. The van der Waals surface area contributed by atoms with E-state index in [-0.39, 0.29) is 160 Å². The van der Waals surface area contributed by atoms with Gasteiger partial charge in [-0.3, -0.25) is 76.0 Å². The molecule has 0 saturated carbocycles. The highest BCUT2D eigenvalue weighted by molar-refractivity contribution is 7.86. The van der Waals surface area contributed by atoms with Crippen molar-refractivity contribution in [3.8, 4) is 0 Å². The molecule has 9 unspecified atom stereocenters. The second-order valence-electron chi connectivity index (χ2n) is 27.9. The van der Waals surface area contributed by atoms with Crippen LogP contribution in [0.25, 0.3) is 0 Å². The fraction of sp³-hybridized carbons (Fsp3) is 0.674. The minimum Gasteiger partial charge on any atom is -0.480 e. The molecule has 1 aromatic heterocycles. The number of methoxy groups -OCH3 is 10. The molecule has 133 heavy (non-hydrogen) atoms. The Bertz CT molecular complexity index is 3850. The van der Waals surface area contributed by atoms with E-state index in [1.54, 1.807) is 83.3 Å². The number of aldehydes is 1. The number of aliphatic imine (C=N–C) groups is 2. The Kier molecular flexibility index (Phi) is 95.5. The minimum absolute atomic E-state index is 0. The van der Waals surface area contributed by atoms with Crippen LogP contribution in [0.1, 0.15) is 191 Å². The third kappa shape index (κ3) is 89.1. The van der Waals surface area contributed by atoms with E-state index in [1.165, 1.54) is 108 Å². The van der Waals surface area contributed by atoms with E-state index in [0.717, 1.165) is 17.1 Å². The zero-order chi connectivity index (χ0) is 103. The molecule has 0 aromatic carbocycles. The number of aliphatic hydroxyl groups is 1. The summed E-state index contributed by atoms with van der Waals surface area (Å²) in [5, 5.41) is 25.8. The zero-order valence-electron chi connectivity index (χ0n) is 80.3. The monoisotopic (exact) mass is 1950 g/mol. The highest BCUT2D eigenvalue weighted by atomic mass is 32.2. The number of aliphatic carboxylic acids is 1. The number of carbonyl (C=O) groups is 12. The Morgan fingerprint density at radius 2 is 0.782 bits per heavy atom. The third-order valence-corrected chi connectivity index (χ3v) is 17.4. The smallest absolute Gasteiger partial charge is 0.441 e. The molecule has 0 spiro atoms. The van der Waals surface area contributed by atoms with Crippen LogP contribution in [0.5, 0.6) is 0 Å². The van der Waals surface area contributed by atoms with Crippen LogP contribution >= 0.6 is 0 Å². The number of rotatable bonds is 52. The first-order chi connectivity index (χ1) is 61.9. The maximum Gasteiger partial charge on any atom is 0.441 e. The number of carboxylic acid groups (broad SMARTS) is 1. The molecule has 9 atom stereocenters. The van der Waals surface area contributed by atoms with Crippen molar-refractivity contribution in [3.05, 3.63) is 87.8 Å². The number of carbonyl (C=O) groups excluding carboxylic acids is 11. The fourth-order valence-electron chi connectivity index (χ4n) is 8.77. The quantitative estimate of drug-likeness (QED) is 0.00304. The lowest BCUT2D eigenvalue weighted by Gasteiger charge is -2.11. The number of aryl methyl sites for hydroxylation is 1. The predicted molar refractivity (Wildman–Crippen MR) is 483 cm³/mol. The number of carboxylic acids is 1. The van der Waals surface area contributed by atoms with Gasteiger partial charge in [0.25, 0.3) is 10.1 Å². The van der Waals surface area contributed by atoms with Gasteiger partial charge in [-0.1, -0.05) is 90.6 Å². The average molecular weight is 1950 g/mol. The van der Waals surface area contributed by atoms with Gasteiger partial charge < -0.3 is 90.2 Å². The van der Waals surface area contributed by atoms with Crippen LogP contribution in [-0.4, -0.2) is 261 Å². The van der Waals surface area contributed by atoms with Crippen LogP contribution in [0.15, 0.2) is 90.7 Å². The lowest BCUT2D eigenvalue weighted by Crippen LogP contribution is -2.35. The number of halogens is 6. The van der Waals surface area contributed by atoms with E-state index in [1.807, 2.05) is 0 Å². The standard InChI is InChI=1S/C12H17FN2O4.C11H20FN3O2.C11H19FO4.C10H17FO5S.C9H16FN3O2.C9H15FO3.C8H15NO4.C8H14O4.C7H12O3.CH4/c1-8(11(16)18-3)5-4-6-10(13)7-15-9(2)14-19-12(15)17;1-8(13)15-7-9(12)5-4-6-10(14-2)11(16)17-3;1-4-15-16-8-10(12)7-5-6-9(2)11(13)14-3;1-8(10(12)15-2)5-4-6-9(11)7-16-17(3,13)14;1-6(11)13-5-7(10)3-2-4-8(12)9(14)15;1-7(9(12)13-2)4-3-5-8(10)6-11;1-9-6(8(11)13-3)4-5-7(10)12-2;1-6(8(10)12-3)4-5-7(9)11-2;1-6(4-3-5-8)7(9)10-2;/h6,8H,4-5,7H2,1-3H3;5,10,14H,4,6-7H2,1-3H3,(H2,13,15);7,9H,4-6,8H2,1-3H3;6,8H,4-5,7H2,1-3H3;3,8H,2,4-5,12H2,1H3,(H2,11,13)(H,14,15);5,7,11H,3-4,6H2,1-2H3;6,9H,4-5H2,1-3H3;6H,4-5H2,1-3H3;5-6H,3-4H2,1-2H3;1H4/b10-6+;9-5+;10-7+;9-6+;7-3+;8-5+;;;;. The Balaban J connectivity index is -0.000000187. The van der Waals surface area contributed by atoms with E-state index in [2.05, 4.69) is 91.6 Å². The number of aromatic nitrogens is 2. The second-order valence-corrected chi connectivity index (χ2v) is 29.5. The number of nitrogens with zero attached hydrogens (tertiary/aromatic N) is 4. The van der Waals surface area contributed by atoms with E-state index in [9.17, 15) is 97.1 Å². The van der Waals surface area contributed by atoms with Crippen molar-refractivity contribution < 1.29 is 168 Å². The van der Waals surface area contributed by atoms with Crippen LogP contribution in [0.3, 0.4) is 0 Å². The number of nitrogens with two attached hydrogens (primary N) is 3. The third-order valence-electron chi connectivity index (χ3n) is 16.8. The van der Waals surface area contributed by atoms with Crippen LogP contribution in [0.2, 0.25) is 0 Å². The lowest BCUT2D eigenvalue weighted by molar-refractivity contribution is -0.286. The summed E-state index contributed by atoms with van der Waals surface area (Å²) < 4.78 is 154. The van der Waals surface area contributed by atoms with E-state index < -0.39 is 82.3 Å². The van der Waals surface area contributed by atoms with Crippen molar-refractivity contribution >= 4 is 93.7 Å². The average Bonchev–Trinajstić information content (AvgIpc) is 1.73. The largest absolute Gasteiger partial charge is 0.480 e. The normalized spacial score (nSPS) is 13.5. The molecule has 40 nitrogen and oxygen atoms in total. The van der Waals surface area contributed by atoms with Gasteiger partial charge in [0.05, 0.1) is 157 Å². The van der Waals surface area contributed by atoms with Gasteiger partial charge in [0, 0.05) is 19.3 Å². The highest BCUT2D eigenvalue weighted by Crippen LogP contribution is 2.17. The maximum absolute atomic E-state index is 13.6. The first-order valence-electron chi connectivity index (χ1n) is 41.2. The molecule has 1 heterocycles. The first-order valence-corrected chi connectivity index (χ1v) is 43.0. The van der Waals surface area contributed by atoms with Crippen molar-refractivity contribution in [1.82, 2.24) is 20.4 Å². The van der Waals surface area contributed by atoms with Gasteiger partial charge in [-0.05, 0) is 138 Å². The maximum atomic E-state index is 13.6. The number of hydrogen-bond donors (Lipinski definition) is 7. The Labute approximate surface area is 777 Å². The summed E-state index contributed by atoms with van der Waals surface area (Å²) in [6.45, 7) is 15.4. The SMILES string of the molecule is C.CC(N)=NC/C(F)=C\CCC(N)C(=O)O.CCOOC/C(F)=C\CCC(C)C(=O)OC.CNC(CC/C=C(/F)CN=C(C)N)C(=O)OC.CNC(CCC(=O)OC)C(=O)OC.COC(=O)C(C)CC/C=C(/F)CO.COC(=O)C(C)CC/C=C(/F)COS(C)(=O)=O.COC(=O)C(C)CC/C=C(/F)Cn1c(C)noc1=O.COC(=O)C(C)CCC=O.COC(=O)CCC(C)C(=O)OC. The molecular formula is C86H149F6N9O31S. The lowest BCUT2D eigenvalue weighted by atomic mass is 10.1. The van der Waals surface area contributed by atoms with Crippen molar-refractivity contribution in [2.24, 2.45) is 62.7 Å². The van der Waals surface area contributed by atoms with Gasteiger partial charge in [0.1, 0.15) is 72.6 Å². The molecule has 0 aliphatic heterocycles. The molecule has 1 aromatic rings. The summed E-state index contributed by atoms with van der Waals surface area (Å²) >= 11 is 0. The topological polar surface area (TPSA) is 574 Å². The number of ether oxygens (including phenoxy) is 10. The number of nitrogens with one attached hydrogen (secondary N) is 2. The van der Waals surface area contributed by atoms with Gasteiger partial charge in [-0.2, -0.15) is 8.42 Å². The minimum atomic E-state index is -3.63. The van der Waals surface area contributed by atoms with E-state index >= 15 is 0 Å². The molecule has 772 valence electrons. The van der Waals surface area contributed by atoms with Crippen molar-refractivity contribution in [3.63, 3.8) is 0 Å². The fourth-order valence-corrected chi connectivity index (χ4v) is 9.10. The zero-order valence-corrected chi connectivity index (χ0v) is 81.2. The molecule has 0 saturated heterocycles. The number of amidine groups is 2. The van der Waals surface area contributed by atoms with Crippen LogP contribution in [0.4, 0.5) is 26.3 Å².